The first-order valence-corrected chi connectivity index (χ1v) is 8.58. The minimum Gasteiger partial charge on any atom is -0.360 e. The molecule has 1 aromatic carbocycles. The SMILES string of the molecule is CCNc1nnc(S[C@H]2CCc3ccccc3NC2=O)s1. The molecule has 0 saturated heterocycles. The number of carbonyl (C=O) groups is 1. The van der Waals surface area contributed by atoms with Gasteiger partial charge in [0.1, 0.15) is 0 Å². The van der Waals surface area contributed by atoms with Gasteiger partial charge in [0.2, 0.25) is 11.0 Å². The minimum atomic E-state index is -0.125. The maximum Gasteiger partial charge on any atom is 0.237 e. The van der Waals surface area contributed by atoms with Crippen molar-refractivity contribution in [3.8, 4) is 0 Å². The molecule has 2 heterocycles. The van der Waals surface area contributed by atoms with Gasteiger partial charge in [-0.3, -0.25) is 4.79 Å². The molecule has 1 aliphatic heterocycles. The van der Waals surface area contributed by atoms with E-state index in [1.54, 1.807) is 0 Å². The summed E-state index contributed by atoms with van der Waals surface area (Å²) in [5.41, 5.74) is 2.12. The van der Waals surface area contributed by atoms with Gasteiger partial charge in [0, 0.05) is 12.2 Å². The first-order valence-electron chi connectivity index (χ1n) is 6.89. The molecular weight excluding hydrogens is 304 g/mol. The van der Waals surface area contributed by atoms with E-state index >= 15 is 0 Å². The Morgan fingerprint density at radius 1 is 1.43 bits per heavy atom. The molecule has 5 nitrogen and oxygen atoms in total. The van der Waals surface area contributed by atoms with Crippen LogP contribution in [0.4, 0.5) is 10.8 Å². The van der Waals surface area contributed by atoms with Gasteiger partial charge in [-0.1, -0.05) is 41.3 Å². The number of amides is 1. The Labute approximate surface area is 131 Å². The Hall–Kier alpha value is -1.60. The molecule has 21 heavy (non-hydrogen) atoms. The van der Waals surface area contributed by atoms with Crippen LogP contribution in [0.1, 0.15) is 18.9 Å². The number of fused-ring (bicyclic) bond motifs is 1. The molecule has 1 amide bonds. The Morgan fingerprint density at radius 3 is 3.14 bits per heavy atom. The molecule has 1 aliphatic rings. The Kier molecular flexibility index (Phi) is 4.40. The number of rotatable bonds is 4. The molecule has 2 aromatic rings. The number of aryl methyl sites for hydroxylation is 1. The van der Waals surface area contributed by atoms with Gasteiger partial charge in [-0.25, -0.2) is 0 Å². The standard InChI is InChI=1S/C14H16N4OS2/c1-2-15-13-17-18-14(21-13)20-11-8-7-9-5-3-4-6-10(9)16-12(11)19/h3-6,11H,2,7-8H2,1H3,(H,15,17)(H,16,19)/t11-/m0/s1. The minimum absolute atomic E-state index is 0.0464. The molecule has 0 radical (unpaired) electrons. The van der Waals surface area contributed by atoms with Crippen LogP contribution in [0.25, 0.3) is 0 Å². The summed E-state index contributed by atoms with van der Waals surface area (Å²) < 4.78 is 0.831. The summed E-state index contributed by atoms with van der Waals surface area (Å²) in [6, 6.07) is 7.97. The van der Waals surface area contributed by atoms with Crippen molar-refractivity contribution in [2.45, 2.75) is 29.4 Å². The van der Waals surface area contributed by atoms with Crippen molar-refractivity contribution in [1.82, 2.24) is 10.2 Å². The fourth-order valence-electron chi connectivity index (χ4n) is 2.21. The highest BCUT2D eigenvalue weighted by atomic mass is 32.2. The van der Waals surface area contributed by atoms with E-state index < -0.39 is 0 Å². The summed E-state index contributed by atoms with van der Waals surface area (Å²) >= 11 is 2.99. The Bertz CT molecular complexity index is 643. The first-order chi connectivity index (χ1) is 10.3. The van der Waals surface area contributed by atoms with Crippen molar-refractivity contribution in [3.05, 3.63) is 29.8 Å². The normalized spacial score (nSPS) is 17.8. The summed E-state index contributed by atoms with van der Waals surface area (Å²) in [6.07, 6.45) is 1.70. The number of nitrogens with zero attached hydrogens (tertiary/aromatic N) is 2. The number of hydrogen-bond acceptors (Lipinski definition) is 6. The van der Waals surface area contributed by atoms with E-state index in [-0.39, 0.29) is 11.2 Å². The number of anilines is 2. The topological polar surface area (TPSA) is 66.9 Å². The second kappa shape index (κ2) is 6.44. The van der Waals surface area contributed by atoms with Crippen LogP contribution in [0, 0.1) is 0 Å². The lowest BCUT2D eigenvalue weighted by atomic mass is 10.1. The third-order valence-electron chi connectivity index (χ3n) is 3.22. The van der Waals surface area contributed by atoms with Gasteiger partial charge in [0.05, 0.1) is 5.25 Å². The monoisotopic (exact) mass is 320 g/mol. The molecule has 7 heteroatoms. The average molecular weight is 320 g/mol. The van der Waals surface area contributed by atoms with Gasteiger partial charge < -0.3 is 10.6 Å². The van der Waals surface area contributed by atoms with Crippen molar-refractivity contribution in [2.24, 2.45) is 0 Å². The van der Waals surface area contributed by atoms with Crippen LogP contribution in [0.3, 0.4) is 0 Å². The van der Waals surface area contributed by atoms with Gasteiger partial charge >= 0.3 is 0 Å². The van der Waals surface area contributed by atoms with Crippen LogP contribution in [0.2, 0.25) is 0 Å². The summed E-state index contributed by atoms with van der Waals surface area (Å²) in [5, 5.41) is 15.0. The Morgan fingerprint density at radius 2 is 2.29 bits per heavy atom. The highest BCUT2D eigenvalue weighted by Crippen LogP contribution is 2.34. The van der Waals surface area contributed by atoms with E-state index in [0.29, 0.717) is 0 Å². The van der Waals surface area contributed by atoms with Crippen molar-refractivity contribution in [1.29, 1.82) is 0 Å². The summed E-state index contributed by atoms with van der Waals surface area (Å²) in [5.74, 6) is 0.0464. The molecule has 0 bridgehead atoms. The van der Waals surface area contributed by atoms with Gasteiger partial charge in [-0.15, -0.1) is 10.2 Å². The van der Waals surface area contributed by atoms with Crippen molar-refractivity contribution in [2.75, 3.05) is 17.2 Å². The number of nitrogens with one attached hydrogen (secondary N) is 2. The zero-order valence-electron chi connectivity index (χ0n) is 11.6. The van der Waals surface area contributed by atoms with Crippen molar-refractivity contribution in [3.63, 3.8) is 0 Å². The third kappa shape index (κ3) is 3.36. The second-order valence-electron chi connectivity index (χ2n) is 4.70. The quantitative estimate of drug-likeness (QED) is 0.906. The Balaban J connectivity index is 1.70. The van der Waals surface area contributed by atoms with Crippen LogP contribution < -0.4 is 10.6 Å². The van der Waals surface area contributed by atoms with Gasteiger partial charge in [0.25, 0.3) is 0 Å². The maximum absolute atomic E-state index is 12.3. The predicted octanol–water partition coefficient (Wildman–Crippen LogP) is 3.02. The second-order valence-corrected chi connectivity index (χ2v) is 7.12. The molecule has 110 valence electrons. The third-order valence-corrected chi connectivity index (χ3v) is 5.45. The molecule has 3 rings (SSSR count). The van der Waals surface area contributed by atoms with E-state index in [0.717, 1.165) is 34.5 Å². The number of aromatic nitrogens is 2. The first kappa shape index (κ1) is 14.3. The fraction of sp³-hybridized carbons (Fsp3) is 0.357. The molecule has 1 aromatic heterocycles. The zero-order chi connectivity index (χ0) is 14.7. The molecule has 0 fully saturated rings. The number of thioether (sulfide) groups is 1. The lowest BCUT2D eigenvalue weighted by molar-refractivity contribution is -0.115. The van der Waals surface area contributed by atoms with E-state index in [2.05, 4.69) is 26.9 Å². The van der Waals surface area contributed by atoms with Crippen LogP contribution in [0.5, 0.6) is 0 Å². The molecule has 2 N–H and O–H groups in total. The van der Waals surface area contributed by atoms with Gasteiger partial charge in [-0.05, 0) is 31.4 Å². The van der Waals surface area contributed by atoms with Crippen molar-refractivity contribution >= 4 is 39.8 Å². The predicted molar refractivity (Wildman–Crippen MR) is 87.1 cm³/mol. The van der Waals surface area contributed by atoms with Crippen LogP contribution >= 0.6 is 23.1 Å². The molecule has 0 unspecified atom stereocenters. The summed E-state index contributed by atoms with van der Waals surface area (Å²) in [7, 11) is 0. The largest absolute Gasteiger partial charge is 0.360 e. The molecule has 0 aliphatic carbocycles. The lowest BCUT2D eigenvalue weighted by Gasteiger charge is -2.10. The summed E-state index contributed by atoms with van der Waals surface area (Å²) in [4.78, 5) is 12.3. The smallest absolute Gasteiger partial charge is 0.237 e. The molecular formula is C14H16N4OS2. The van der Waals surface area contributed by atoms with E-state index in [1.807, 2.05) is 25.1 Å². The number of para-hydroxylation sites is 1. The van der Waals surface area contributed by atoms with Crippen LogP contribution in [-0.2, 0) is 11.2 Å². The lowest BCUT2D eigenvalue weighted by Crippen LogP contribution is -2.23. The van der Waals surface area contributed by atoms with E-state index in [9.17, 15) is 4.79 Å². The fourth-order valence-corrected chi connectivity index (χ4v) is 4.26. The highest BCUT2D eigenvalue weighted by Gasteiger charge is 2.25. The molecule has 0 saturated carbocycles. The van der Waals surface area contributed by atoms with Crippen LogP contribution in [0.15, 0.2) is 28.6 Å². The van der Waals surface area contributed by atoms with Gasteiger partial charge in [0.15, 0.2) is 4.34 Å². The molecule has 0 spiro atoms. The highest BCUT2D eigenvalue weighted by molar-refractivity contribution is 8.02. The van der Waals surface area contributed by atoms with Crippen molar-refractivity contribution < 1.29 is 4.79 Å². The van der Waals surface area contributed by atoms with Gasteiger partial charge in [-0.2, -0.15) is 0 Å². The average Bonchev–Trinajstić information content (AvgIpc) is 2.85. The van der Waals surface area contributed by atoms with E-state index in [1.165, 1.54) is 28.7 Å². The maximum atomic E-state index is 12.3. The number of benzene rings is 1. The number of carbonyl (C=O) groups excluding carboxylic acids is 1. The van der Waals surface area contributed by atoms with Crippen LogP contribution in [-0.4, -0.2) is 27.9 Å². The molecule has 1 atom stereocenters. The number of hydrogen-bond donors (Lipinski definition) is 2. The zero-order valence-corrected chi connectivity index (χ0v) is 13.3. The summed E-state index contributed by atoms with van der Waals surface area (Å²) in [6.45, 7) is 2.84. The van der Waals surface area contributed by atoms with E-state index in [4.69, 9.17) is 0 Å².